The summed E-state index contributed by atoms with van der Waals surface area (Å²) < 4.78 is 29.9. The Morgan fingerprint density at radius 1 is 1.39 bits per heavy atom. The molecular weight excluding hydrogens is 304 g/mol. The van der Waals surface area contributed by atoms with E-state index in [0.717, 1.165) is 0 Å². The fraction of sp³-hybridized carbons (Fsp3) is 0.250. The maximum Gasteiger partial charge on any atom is 0.145 e. The van der Waals surface area contributed by atoms with Crippen LogP contribution in [-0.4, -0.2) is 16.6 Å². The van der Waals surface area contributed by atoms with E-state index in [1.807, 2.05) is 0 Å². The molecule has 6 heteroatoms. The van der Waals surface area contributed by atoms with Crippen molar-refractivity contribution in [2.75, 3.05) is 7.05 Å². The highest BCUT2D eigenvalue weighted by atomic mass is 79.9. The van der Waals surface area contributed by atoms with Crippen molar-refractivity contribution < 1.29 is 8.78 Å². The smallest absolute Gasteiger partial charge is 0.145 e. The third-order valence-corrected chi connectivity index (χ3v) is 3.39. The van der Waals surface area contributed by atoms with Crippen molar-refractivity contribution in [1.29, 1.82) is 0 Å². The number of imidazole rings is 1. The molecule has 1 aromatic heterocycles. The van der Waals surface area contributed by atoms with Gasteiger partial charge in [0.05, 0.1) is 10.5 Å². The fourth-order valence-electron chi connectivity index (χ4n) is 1.87. The van der Waals surface area contributed by atoms with E-state index in [4.69, 9.17) is 0 Å². The van der Waals surface area contributed by atoms with Crippen LogP contribution in [0, 0.1) is 11.6 Å². The van der Waals surface area contributed by atoms with Crippen LogP contribution in [0.3, 0.4) is 0 Å². The lowest BCUT2D eigenvalue weighted by atomic mass is 10.0. The summed E-state index contributed by atoms with van der Waals surface area (Å²) in [6, 6.07) is 1.94. The van der Waals surface area contributed by atoms with E-state index in [-0.39, 0.29) is 10.0 Å². The second-order valence-electron chi connectivity index (χ2n) is 3.87. The molecule has 1 unspecified atom stereocenters. The minimum absolute atomic E-state index is 0.0406. The summed E-state index contributed by atoms with van der Waals surface area (Å²) in [5.41, 5.74) is -0.0406. The quantitative estimate of drug-likeness (QED) is 0.883. The minimum Gasteiger partial charge on any atom is -0.336 e. The molecule has 0 saturated heterocycles. The number of halogens is 3. The highest BCUT2D eigenvalue weighted by molar-refractivity contribution is 9.10. The normalized spacial score (nSPS) is 12.7. The van der Waals surface area contributed by atoms with E-state index >= 15 is 0 Å². The fourth-order valence-corrected chi connectivity index (χ4v) is 2.21. The van der Waals surface area contributed by atoms with Crippen LogP contribution in [0.4, 0.5) is 8.78 Å². The van der Waals surface area contributed by atoms with E-state index < -0.39 is 17.7 Å². The second-order valence-corrected chi connectivity index (χ2v) is 4.73. The molecule has 1 N–H and O–H groups in total. The van der Waals surface area contributed by atoms with Gasteiger partial charge in [-0.05, 0) is 35.1 Å². The van der Waals surface area contributed by atoms with Gasteiger partial charge >= 0.3 is 0 Å². The van der Waals surface area contributed by atoms with Crippen LogP contribution in [0.2, 0.25) is 0 Å². The summed E-state index contributed by atoms with van der Waals surface area (Å²) in [5.74, 6) is -0.663. The molecule has 0 amide bonds. The molecule has 0 aliphatic rings. The number of hydrogen-bond donors (Lipinski definition) is 1. The summed E-state index contributed by atoms with van der Waals surface area (Å²) in [5, 5.41) is 2.89. The molecule has 0 radical (unpaired) electrons. The lowest BCUT2D eigenvalue weighted by Gasteiger charge is -2.18. The van der Waals surface area contributed by atoms with Gasteiger partial charge in [-0.15, -0.1) is 0 Å². The molecule has 0 aliphatic carbocycles. The summed E-state index contributed by atoms with van der Waals surface area (Å²) in [4.78, 5) is 4.13. The summed E-state index contributed by atoms with van der Waals surface area (Å²) in [6.07, 6.45) is 3.32. The van der Waals surface area contributed by atoms with Crippen molar-refractivity contribution >= 4 is 15.9 Å². The predicted octanol–water partition coefficient (Wildman–Crippen LogP) is 2.77. The Morgan fingerprint density at radius 3 is 2.67 bits per heavy atom. The molecule has 96 valence electrons. The highest BCUT2D eigenvalue weighted by Gasteiger charge is 2.24. The molecule has 2 aromatic rings. The van der Waals surface area contributed by atoms with Crippen LogP contribution in [0.5, 0.6) is 0 Å². The Bertz CT molecular complexity index is 568. The average Bonchev–Trinajstić information content (AvgIpc) is 2.76. The number of nitrogens with one attached hydrogen (secondary N) is 1. The summed E-state index contributed by atoms with van der Waals surface area (Å²) in [6.45, 7) is 0. The van der Waals surface area contributed by atoms with Gasteiger partial charge < -0.3 is 9.88 Å². The van der Waals surface area contributed by atoms with Crippen LogP contribution < -0.4 is 5.32 Å². The number of benzene rings is 1. The third-order valence-electron chi connectivity index (χ3n) is 2.77. The van der Waals surface area contributed by atoms with E-state index in [0.29, 0.717) is 5.82 Å². The molecule has 1 aromatic carbocycles. The van der Waals surface area contributed by atoms with Gasteiger partial charge in [0.2, 0.25) is 0 Å². The van der Waals surface area contributed by atoms with E-state index in [1.54, 1.807) is 31.1 Å². The lowest BCUT2D eigenvalue weighted by molar-refractivity contribution is 0.503. The van der Waals surface area contributed by atoms with E-state index in [1.165, 1.54) is 12.1 Å². The van der Waals surface area contributed by atoms with Gasteiger partial charge in [-0.25, -0.2) is 13.8 Å². The predicted molar refractivity (Wildman–Crippen MR) is 68.2 cm³/mol. The summed E-state index contributed by atoms with van der Waals surface area (Å²) in [7, 11) is 3.42. The van der Waals surface area contributed by atoms with Crippen molar-refractivity contribution in [3.8, 4) is 0 Å². The van der Waals surface area contributed by atoms with Crippen LogP contribution >= 0.6 is 15.9 Å². The standard InChI is InChI=1S/C12H12BrF2N3/c1-16-11(12-17-5-6-18(12)2)9-8(14)4-3-7(13)10(9)15/h3-6,11,16H,1-2H3. The number of aromatic nitrogens is 2. The number of nitrogens with zero attached hydrogens (tertiary/aromatic N) is 2. The van der Waals surface area contributed by atoms with E-state index in [2.05, 4.69) is 26.2 Å². The third kappa shape index (κ3) is 2.18. The molecule has 0 bridgehead atoms. The van der Waals surface area contributed by atoms with Gasteiger partial charge in [-0.2, -0.15) is 0 Å². The minimum atomic E-state index is -0.637. The first-order valence-corrected chi connectivity index (χ1v) is 6.13. The summed E-state index contributed by atoms with van der Waals surface area (Å²) >= 11 is 3.06. The van der Waals surface area contributed by atoms with Crippen LogP contribution in [0.1, 0.15) is 17.4 Å². The van der Waals surface area contributed by atoms with Gasteiger partial charge in [-0.1, -0.05) is 0 Å². The van der Waals surface area contributed by atoms with Crippen LogP contribution in [0.15, 0.2) is 29.0 Å². The number of rotatable bonds is 3. The Labute approximate surface area is 112 Å². The first-order chi connectivity index (χ1) is 8.56. The Balaban J connectivity index is 2.59. The zero-order chi connectivity index (χ0) is 13.3. The van der Waals surface area contributed by atoms with Gasteiger partial charge in [0, 0.05) is 25.0 Å². The first kappa shape index (κ1) is 13.2. The number of hydrogen-bond acceptors (Lipinski definition) is 2. The molecule has 0 spiro atoms. The average molecular weight is 316 g/mol. The Hall–Kier alpha value is -1.27. The van der Waals surface area contributed by atoms with Gasteiger partial charge in [0.25, 0.3) is 0 Å². The number of aryl methyl sites for hydroxylation is 1. The Kier molecular flexibility index (Phi) is 3.77. The molecule has 0 fully saturated rings. The molecule has 18 heavy (non-hydrogen) atoms. The molecular formula is C12H12BrF2N3. The van der Waals surface area contributed by atoms with Gasteiger partial charge in [0.15, 0.2) is 0 Å². The molecule has 0 saturated carbocycles. The zero-order valence-corrected chi connectivity index (χ0v) is 11.5. The molecule has 0 aliphatic heterocycles. The van der Waals surface area contributed by atoms with Crippen molar-refractivity contribution in [2.24, 2.45) is 7.05 Å². The molecule has 1 heterocycles. The Morgan fingerprint density at radius 2 is 2.11 bits per heavy atom. The van der Waals surface area contributed by atoms with Crippen LogP contribution in [-0.2, 0) is 7.05 Å². The largest absolute Gasteiger partial charge is 0.336 e. The highest BCUT2D eigenvalue weighted by Crippen LogP contribution is 2.29. The monoisotopic (exact) mass is 315 g/mol. The second kappa shape index (κ2) is 5.16. The van der Waals surface area contributed by atoms with Crippen molar-refractivity contribution in [1.82, 2.24) is 14.9 Å². The van der Waals surface area contributed by atoms with Crippen molar-refractivity contribution in [3.63, 3.8) is 0 Å². The zero-order valence-electron chi connectivity index (χ0n) is 9.92. The molecule has 3 nitrogen and oxygen atoms in total. The molecule has 2 rings (SSSR count). The van der Waals surface area contributed by atoms with Crippen LogP contribution in [0.25, 0.3) is 0 Å². The van der Waals surface area contributed by atoms with E-state index in [9.17, 15) is 8.78 Å². The maximum atomic E-state index is 14.1. The SMILES string of the molecule is CNC(c1c(F)ccc(Br)c1F)c1nccn1C. The van der Waals surface area contributed by atoms with Crippen molar-refractivity contribution in [2.45, 2.75) is 6.04 Å². The van der Waals surface area contributed by atoms with Gasteiger partial charge in [0.1, 0.15) is 17.5 Å². The molecule has 1 atom stereocenters. The first-order valence-electron chi connectivity index (χ1n) is 5.34. The maximum absolute atomic E-state index is 14.1. The van der Waals surface area contributed by atoms with Gasteiger partial charge in [-0.3, -0.25) is 0 Å². The topological polar surface area (TPSA) is 29.9 Å². The van der Waals surface area contributed by atoms with Crippen molar-refractivity contribution in [3.05, 3.63) is 52.0 Å². The lowest BCUT2D eigenvalue weighted by Crippen LogP contribution is -2.23.